The van der Waals surface area contributed by atoms with Gasteiger partial charge in [-0.25, -0.2) is 4.98 Å². The minimum absolute atomic E-state index is 0.0775. The second-order valence-corrected chi connectivity index (χ2v) is 5.91. The number of carbonyl (C=O) groups excluding carboxylic acids is 1. The number of benzene rings is 2. The molecule has 0 aliphatic rings. The number of carbonyl (C=O) groups is 1. The number of amides is 1. The first-order valence-electron chi connectivity index (χ1n) is 8.66. The maximum absolute atomic E-state index is 12.1. The SMILES string of the molecule is CCOc1ccc(CC(=O)NCc2nc(-c3ccccc3)c(C)o2)cc1. The van der Waals surface area contributed by atoms with Gasteiger partial charge in [0.05, 0.1) is 19.6 Å². The van der Waals surface area contributed by atoms with Crippen molar-refractivity contribution in [3.05, 3.63) is 71.8 Å². The normalized spacial score (nSPS) is 10.5. The Morgan fingerprint density at radius 3 is 2.54 bits per heavy atom. The molecule has 2 aromatic carbocycles. The maximum Gasteiger partial charge on any atom is 0.224 e. The van der Waals surface area contributed by atoms with Gasteiger partial charge in [-0.3, -0.25) is 4.79 Å². The number of nitrogens with zero attached hydrogens (tertiary/aromatic N) is 1. The highest BCUT2D eigenvalue weighted by Gasteiger charge is 2.12. The molecule has 26 heavy (non-hydrogen) atoms. The van der Waals surface area contributed by atoms with Gasteiger partial charge in [0.15, 0.2) is 0 Å². The van der Waals surface area contributed by atoms with Crippen LogP contribution in [0.1, 0.15) is 24.1 Å². The minimum Gasteiger partial charge on any atom is -0.494 e. The van der Waals surface area contributed by atoms with Crippen LogP contribution in [0.3, 0.4) is 0 Å². The molecule has 3 rings (SSSR count). The molecule has 0 aliphatic carbocycles. The first-order valence-corrected chi connectivity index (χ1v) is 8.66. The molecular weight excluding hydrogens is 328 g/mol. The Morgan fingerprint density at radius 2 is 1.85 bits per heavy atom. The lowest BCUT2D eigenvalue weighted by molar-refractivity contribution is -0.120. The fourth-order valence-corrected chi connectivity index (χ4v) is 2.68. The fraction of sp³-hybridized carbons (Fsp3) is 0.238. The standard InChI is InChI=1S/C21H22N2O3/c1-3-25-18-11-9-16(10-12-18)13-19(24)22-14-20-23-21(15(2)26-20)17-7-5-4-6-8-17/h4-12H,3,13-14H2,1-2H3,(H,22,24). The van der Waals surface area contributed by atoms with Crippen molar-refractivity contribution in [2.45, 2.75) is 26.8 Å². The van der Waals surface area contributed by atoms with Crippen molar-refractivity contribution in [3.63, 3.8) is 0 Å². The molecular formula is C21H22N2O3. The molecule has 0 saturated heterocycles. The summed E-state index contributed by atoms with van der Waals surface area (Å²) in [7, 11) is 0. The zero-order valence-corrected chi connectivity index (χ0v) is 15.0. The Kier molecular flexibility index (Phi) is 5.69. The van der Waals surface area contributed by atoms with Crippen LogP contribution in [-0.2, 0) is 17.8 Å². The van der Waals surface area contributed by atoms with E-state index in [4.69, 9.17) is 9.15 Å². The molecule has 134 valence electrons. The van der Waals surface area contributed by atoms with E-state index in [-0.39, 0.29) is 12.5 Å². The second-order valence-electron chi connectivity index (χ2n) is 5.91. The highest BCUT2D eigenvalue weighted by Crippen LogP contribution is 2.22. The lowest BCUT2D eigenvalue weighted by atomic mass is 10.1. The van der Waals surface area contributed by atoms with Crippen molar-refractivity contribution in [1.29, 1.82) is 0 Å². The molecule has 5 nitrogen and oxygen atoms in total. The first kappa shape index (κ1) is 17.7. The Labute approximate surface area is 153 Å². The summed E-state index contributed by atoms with van der Waals surface area (Å²) in [6.45, 7) is 4.71. The van der Waals surface area contributed by atoms with Crippen molar-refractivity contribution >= 4 is 5.91 Å². The van der Waals surface area contributed by atoms with E-state index in [0.29, 0.717) is 18.9 Å². The summed E-state index contributed by atoms with van der Waals surface area (Å²) in [6, 6.07) is 17.4. The first-order chi connectivity index (χ1) is 12.7. The van der Waals surface area contributed by atoms with Crippen LogP contribution in [0.15, 0.2) is 59.0 Å². The van der Waals surface area contributed by atoms with Crippen molar-refractivity contribution in [1.82, 2.24) is 10.3 Å². The molecule has 0 fully saturated rings. The number of rotatable bonds is 7. The predicted molar refractivity (Wildman–Crippen MR) is 99.8 cm³/mol. The van der Waals surface area contributed by atoms with E-state index in [1.165, 1.54) is 0 Å². The molecule has 1 heterocycles. The summed E-state index contributed by atoms with van der Waals surface area (Å²) in [5.41, 5.74) is 2.74. The van der Waals surface area contributed by atoms with Crippen LogP contribution in [0.4, 0.5) is 0 Å². The van der Waals surface area contributed by atoms with Crippen molar-refractivity contribution in [2.75, 3.05) is 6.61 Å². The van der Waals surface area contributed by atoms with E-state index < -0.39 is 0 Å². The van der Waals surface area contributed by atoms with Crippen molar-refractivity contribution in [3.8, 4) is 17.0 Å². The molecule has 1 aromatic heterocycles. The lowest BCUT2D eigenvalue weighted by Gasteiger charge is -2.05. The van der Waals surface area contributed by atoms with Gasteiger partial charge in [-0.2, -0.15) is 0 Å². The van der Waals surface area contributed by atoms with Crippen LogP contribution in [0, 0.1) is 6.92 Å². The number of oxazole rings is 1. The number of aryl methyl sites for hydroxylation is 1. The summed E-state index contributed by atoms with van der Waals surface area (Å²) in [5.74, 6) is 1.97. The number of nitrogens with one attached hydrogen (secondary N) is 1. The Balaban J connectivity index is 1.56. The summed E-state index contributed by atoms with van der Waals surface area (Å²) in [4.78, 5) is 16.6. The Morgan fingerprint density at radius 1 is 1.12 bits per heavy atom. The van der Waals surface area contributed by atoms with Gasteiger partial charge in [0.1, 0.15) is 17.2 Å². The van der Waals surface area contributed by atoms with Crippen LogP contribution in [0.5, 0.6) is 5.75 Å². The minimum atomic E-state index is -0.0775. The number of ether oxygens (including phenoxy) is 1. The largest absolute Gasteiger partial charge is 0.494 e. The van der Waals surface area contributed by atoms with Gasteiger partial charge in [-0.05, 0) is 31.5 Å². The maximum atomic E-state index is 12.1. The van der Waals surface area contributed by atoms with E-state index in [2.05, 4.69) is 10.3 Å². The summed E-state index contributed by atoms with van der Waals surface area (Å²) < 4.78 is 11.1. The third kappa shape index (κ3) is 4.51. The van der Waals surface area contributed by atoms with Gasteiger partial charge in [0.2, 0.25) is 11.8 Å². The van der Waals surface area contributed by atoms with Gasteiger partial charge in [0.25, 0.3) is 0 Å². The van der Waals surface area contributed by atoms with E-state index >= 15 is 0 Å². The summed E-state index contributed by atoms with van der Waals surface area (Å²) in [5, 5.41) is 2.85. The molecule has 0 aliphatic heterocycles. The van der Waals surface area contributed by atoms with Gasteiger partial charge >= 0.3 is 0 Å². The zero-order chi connectivity index (χ0) is 18.4. The second kappa shape index (κ2) is 8.34. The number of hydrogen-bond donors (Lipinski definition) is 1. The van der Waals surface area contributed by atoms with Gasteiger partial charge in [0, 0.05) is 5.56 Å². The van der Waals surface area contributed by atoms with Crippen LogP contribution >= 0.6 is 0 Å². The van der Waals surface area contributed by atoms with Gasteiger partial charge in [-0.1, -0.05) is 42.5 Å². The van der Waals surface area contributed by atoms with Gasteiger partial charge < -0.3 is 14.5 Å². The van der Waals surface area contributed by atoms with Crippen LogP contribution < -0.4 is 10.1 Å². The molecule has 3 aromatic rings. The highest BCUT2D eigenvalue weighted by atomic mass is 16.5. The monoisotopic (exact) mass is 350 g/mol. The smallest absolute Gasteiger partial charge is 0.224 e. The molecule has 1 N–H and O–H groups in total. The molecule has 0 bridgehead atoms. The van der Waals surface area contributed by atoms with Crippen LogP contribution in [0.25, 0.3) is 11.3 Å². The molecule has 0 unspecified atom stereocenters. The van der Waals surface area contributed by atoms with Crippen LogP contribution in [0.2, 0.25) is 0 Å². The van der Waals surface area contributed by atoms with Crippen LogP contribution in [-0.4, -0.2) is 17.5 Å². The quantitative estimate of drug-likeness (QED) is 0.702. The average molecular weight is 350 g/mol. The molecule has 0 atom stereocenters. The highest BCUT2D eigenvalue weighted by molar-refractivity contribution is 5.78. The lowest BCUT2D eigenvalue weighted by Crippen LogP contribution is -2.24. The summed E-state index contributed by atoms with van der Waals surface area (Å²) >= 11 is 0. The fourth-order valence-electron chi connectivity index (χ4n) is 2.68. The van der Waals surface area contributed by atoms with Crippen molar-refractivity contribution in [2.24, 2.45) is 0 Å². The summed E-state index contributed by atoms with van der Waals surface area (Å²) in [6.07, 6.45) is 0.303. The average Bonchev–Trinajstić information content (AvgIpc) is 3.03. The predicted octanol–water partition coefficient (Wildman–Crippen LogP) is 3.91. The molecule has 0 spiro atoms. The van der Waals surface area contributed by atoms with E-state index in [1.807, 2.05) is 68.4 Å². The van der Waals surface area contributed by atoms with E-state index in [9.17, 15) is 4.79 Å². The number of hydrogen-bond acceptors (Lipinski definition) is 4. The Bertz CT molecular complexity index is 855. The molecule has 0 radical (unpaired) electrons. The third-order valence-electron chi connectivity index (χ3n) is 3.92. The third-order valence-corrected chi connectivity index (χ3v) is 3.92. The Hall–Kier alpha value is -3.08. The van der Waals surface area contributed by atoms with Gasteiger partial charge in [-0.15, -0.1) is 0 Å². The van der Waals surface area contributed by atoms with Crippen molar-refractivity contribution < 1.29 is 13.9 Å². The number of aromatic nitrogens is 1. The molecule has 1 amide bonds. The molecule has 0 saturated carbocycles. The zero-order valence-electron chi connectivity index (χ0n) is 15.0. The van der Waals surface area contributed by atoms with E-state index in [1.54, 1.807) is 0 Å². The van der Waals surface area contributed by atoms with E-state index in [0.717, 1.165) is 28.3 Å². The molecule has 5 heteroatoms. The topological polar surface area (TPSA) is 64.4 Å².